The lowest BCUT2D eigenvalue weighted by molar-refractivity contribution is -0.125. The predicted molar refractivity (Wildman–Crippen MR) is 118 cm³/mol. The summed E-state index contributed by atoms with van der Waals surface area (Å²) in [6.07, 6.45) is 4.91. The Morgan fingerprint density at radius 3 is 2.74 bits per heavy atom. The van der Waals surface area contributed by atoms with Crippen molar-refractivity contribution in [2.75, 3.05) is 43.5 Å². The third-order valence-corrected chi connectivity index (χ3v) is 6.27. The van der Waals surface area contributed by atoms with Crippen molar-refractivity contribution < 1.29 is 9.53 Å². The van der Waals surface area contributed by atoms with E-state index in [1.54, 1.807) is 24.2 Å². The molecule has 11 heteroatoms. The Morgan fingerprint density at radius 1 is 1.32 bits per heavy atom. The lowest BCUT2D eigenvalue weighted by Crippen LogP contribution is -2.32. The van der Waals surface area contributed by atoms with Gasteiger partial charge in [-0.1, -0.05) is 18.2 Å². The maximum Gasteiger partial charge on any atom is 0.256 e. The van der Waals surface area contributed by atoms with Crippen LogP contribution in [0.2, 0.25) is 5.02 Å². The van der Waals surface area contributed by atoms with Crippen molar-refractivity contribution in [3.05, 3.63) is 30.1 Å². The average molecular weight is 443 g/mol. The summed E-state index contributed by atoms with van der Waals surface area (Å²) in [5, 5.41) is 8.84. The molecule has 0 bridgehead atoms. The quantitative estimate of drug-likeness (QED) is 0.583. The predicted octanol–water partition coefficient (Wildman–Crippen LogP) is 2.18. The van der Waals surface area contributed by atoms with Gasteiger partial charge in [-0.05, 0) is 6.08 Å². The Labute approximate surface area is 183 Å². The summed E-state index contributed by atoms with van der Waals surface area (Å²) in [6, 6.07) is 0. The Hall–Kier alpha value is -3.27. The minimum atomic E-state index is -0.00374. The highest BCUT2D eigenvalue weighted by Crippen LogP contribution is 2.38. The Bertz CT molecular complexity index is 1160. The smallest absolute Gasteiger partial charge is 0.256 e. The van der Waals surface area contributed by atoms with Crippen LogP contribution in [0.1, 0.15) is 0 Å². The molecule has 1 amide bonds. The molecule has 0 radical (unpaired) electrons. The minimum Gasteiger partial charge on any atom is -0.478 e. The van der Waals surface area contributed by atoms with Crippen molar-refractivity contribution in [1.82, 2.24) is 29.6 Å². The third kappa shape index (κ3) is 3.36. The van der Waals surface area contributed by atoms with Gasteiger partial charge >= 0.3 is 0 Å². The molecule has 2 fully saturated rings. The number of aromatic amines is 1. The summed E-state index contributed by atoms with van der Waals surface area (Å²) < 4.78 is 6.98. The zero-order chi connectivity index (χ0) is 21.7. The Balaban J connectivity index is 1.46. The molecule has 2 aliphatic heterocycles. The lowest BCUT2D eigenvalue weighted by atomic mass is 10.0. The number of halogens is 1. The van der Waals surface area contributed by atoms with Crippen LogP contribution in [0, 0.1) is 11.8 Å². The molecule has 0 spiro atoms. The number of anilines is 3. The standard InChI is InChI=1S/C20H23ClN8O2/c1-4-15(30)28-6-11-8-29(9-12(11)7-28)18-16-13(21)5-22-17(16)24-20(25-18)23-14-10-27(2)26-19(14)31-3/h4-5,10-12H,1,6-9H2,2-3H3,(H2,22,23,24,25)/t11-,12+. The highest BCUT2D eigenvalue weighted by molar-refractivity contribution is 6.36. The molecule has 2 saturated heterocycles. The zero-order valence-corrected chi connectivity index (χ0v) is 18.1. The van der Waals surface area contributed by atoms with Gasteiger partial charge in [-0.15, -0.1) is 5.10 Å². The van der Waals surface area contributed by atoms with Gasteiger partial charge in [-0.25, -0.2) is 0 Å². The van der Waals surface area contributed by atoms with Crippen LogP contribution in [0.4, 0.5) is 17.5 Å². The van der Waals surface area contributed by atoms with E-state index in [0.29, 0.717) is 40.0 Å². The number of carbonyl (C=O) groups is 1. The van der Waals surface area contributed by atoms with Crippen LogP contribution in [0.15, 0.2) is 25.0 Å². The minimum absolute atomic E-state index is 0.00374. The average Bonchev–Trinajstić information content (AvgIpc) is 3.50. The SMILES string of the molecule is C=CC(=O)N1C[C@@H]2CN(c3nc(Nc4cn(C)nc4OC)nc4[nH]cc(Cl)c34)C[C@@H]2C1. The van der Waals surface area contributed by atoms with Gasteiger partial charge in [0.2, 0.25) is 11.9 Å². The van der Waals surface area contributed by atoms with E-state index in [9.17, 15) is 4.79 Å². The van der Waals surface area contributed by atoms with Gasteiger partial charge in [-0.3, -0.25) is 9.48 Å². The van der Waals surface area contributed by atoms with Crippen molar-refractivity contribution >= 4 is 46.0 Å². The van der Waals surface area contributed by atoms with Crippen molar-refractivity contribution in [2.24, 2.45) is 18.9 Å². The zero-order valence-electron chi connectivity index (χ0n) is 17.3. The molecule has 5 heterocycles. The second kappa shape index (κ2) is 7.45. The van der Waals surface area contributed by atoms with Crippen molar-refractivity contribution in [2.45, 2.75) is 0 Å². The maximum absolute atomic E-state index is 12.0. The lowest BCUT2D eigenvalue weighted by Gasteiger charge is -2.23. The van der Waals surface area contributed by atoms with Gasteiger partial charge in [0.05, 0.1) is 23.7 Å². The normalized spacial score (nSPS) is 20.4. The van der Waals surface area contributed by atoms with Crippen LogP contribution in [0.5, 0.6) is 5.88 Å². The summed E-state index contributed by atoms with van der Waals surface area (Å²) in [5.41, 5.74) is 1.32. The van der Waals surface area contributed by atoms with E-state index in [0.717, 1.165) is 37.4 Å². The van der Waals surface area contributed by atoms with Crippen LogP contribution in [-0.4, -0.2) is 68.8 Å². The molecule has 5 rings (SSSR count). The molecule has 3 aromatic rings. The number of likely N-dealkylation sites (tertiary alicyclic amines) is 1. The molecule has 10 nitrogen and oxygen atoms in total. The van der Waals surface area contributed by atoms with Crippen LogP contribution in [0.3, 0.4) is 0 Å². The molecule has 2 aliphatic rings. The number of amides is 1. The Kier molecular flexibility index (Phi) is 4.73. The monoisotopic (exact) mass is 442 g/mol. The van der Waals surface area contributed by atoms with Gasteiger partial charge in [0, 0.05) is 51.3 Å². The molecule has 2 N–H and O–H groups in total. The third-order valence-electron chi connectivity index (χ3n) is 5.97. The van der Waals surface area contributed by atoms with Crippen LogP contribution in [0.25, 0.3) is 11.0 Å². The molecule has 0 unspecified atom stereocenters. The fraction of sp³-hybridized carbons (Fsp3) is 0.400. The topological polar surface area (TPSA) is 104 Å². The number of aryl methyl sites for hydroxylation is 1. The highest BCUT2D eigenvalue weighted by atomic mass is 35.5. The fourth-order valence-electron chi connectivity index (χ4n) is 4.56. The van der Waals surface area contributed by atoms with Gasteiger partial charge < -0.3 is 24.8 Å². The molecule has 2 atom stereocenters. The van der Waals surface area contributed by atoms with E-state index >= 15 is 0 Å². The van der Waals surface area contributed by atoms with Crippen LogP contribution in [-0.2, 0) is 11.8 Å². The number of ether oxygens (including phenoxy) is 1. The number of carbonyl (C=O) groups excluding carboxylic acids is 1. The molecule has 3 aromatic heterocycles. The number of methoxy groups -OCH3 is 1. The van der Waals surface area contributed by atoms with Crippen LogP contribution >= 0.6 is 11.6 Å². The second-order valence-electron chi connectivity index (χ2n) is 7.95. The summed E-state index contributed by atoms with van der Waals surface area (Å²) in [5.74, 6) is 2.43. The molecular formula is C20H23ClN8O2. The number of hydrogen-bond donors (Lipinski definition) is 2. The molecule has 162 valence electrons. The van der Waals surface area contributed by atoms with Gasteiger partial charge in [0.25, 0.3) is 5.88 Å². The van der Waals surface area contributed by atoms with E-state index in [2.05, 4.69) is 31.9 Å². The largest absolute Gasteiger partial charge is 0.478 e. The molecule has 0 aromatic carbocycles. The first-order chi connectivity index (χ1) is 15.0. The first-order valence-electron chi connectivity index (χ1n) is 10.0. The van der Waals surface area contributed by atoms with Gasteiger partial charge in [0.15, 0.2) is 0 Å². The number of nitrogens with zero attached hydrogens (tertiary/aromatic N) is 6. The first kappa shape index (κ1) is 19.7. The van der Waals surface area contributed by atoms with E-state index < -0.39 is 0 Å². The molecule has 0 aliphatic carbocycles. The van der Waals surface area contributed by atoms with E-state index in [-0.39, 0.29) is 5.91 Å². The summed E-state index contributed by atoms with van der Waals surface area (Å²) in [6.45, 7) is 6.67. The number of nitrogens with one attached hydrogen (secondary N) is 2. The summed E-state index contributed by atoms with van der Waals surface area (Å²) in [7, 11) is 3.38. The maximum atomic E-state index is 12.0. The molecule has 0 saturated carbocycles. The number of rotatable bonds is 5. The van der Waals surface area contributed by atoms with Crippen molar-refractivity contribution in [3.8, 4) is 5.88 Å². The molecule has 31 heavy (non-hydrogen) atoms. The molecular weight excluding hydrogens is 420 g/mol. The van der Waals surface area contributed by atoms with Gasteiger partial charge in [0.1, 0.15) is 17.2 Å². The van der Waals surface area contributed by atoms with Crippen molar-refractivity contribution in [3.63, 3.8) is 0 Å². The van der Waals surface area contributed by atoms with E-state index in [1.807, 2.05) is 11.9 Å². The van der Waals surface area contributed by atoms with Crippen LogP contribution < -0.4 is 15.0 Å². The number of aromatic nitrogens is 5. The van der Waals surface area contributed by atoms with Gasteiger partial charge in [-0.2, -0.15) is 9.97 Å². The second-order valence-corrected chi connectivity index (χ2v) is 8.36. The highest BCUT2D eigenvalue weighted by Gasteiger charge is 2.42. The summed E-state index contributed by atoms with van der Waals surface area (Å²) in [4.78, 5) is 28.6. The van der Waals surface area contributed by atoms with E-state index in [1.165, 1.54) is 6.08 Å². The fourth-order valence-corrected chi connectivity index (χ4v) is 4.79. The number of hydrogen-bond acceptors (Lipinski definition) is 7. The Morgan fingerprint density at radius 2 is 2.06 bits per heavy atom. The number of H-pyrrole nitrogens is 1. The van der Waals surface area contributed by atoms with E-state index in [4.69, 9.17) is 21.3 Å². The first-order valence-corrected chi connectivity index (χ1v) is 10.4. The summed E-state index contributed by atoms with van der Waals surface area (Å²) >= 11 is 6.47. The van der Waals surface area contributed by atoms with Crippen molar-refractivity contribution in [1.29, 1.82) is 0 Å². The number of fused-ring (bicyclic) bond motifs is 2.